The second-order valence-corrected chi connectivity index (χ2v) is 3.88. The molecule has 1 amide bonds. The van der Waals surface area contributed by atoms with E-state index in [2.05, 4.69) is 0 Å². The minimum atomic E-state index is 0.283. The van der Waals surface area contributed by atoms with Crippen LogP contribution in [-0.2, 0) is 4.79 Å². The zero-order valence-electron chi connectivity index (χ0n) is 8.46. The Morgan fingerprint density at radius 1 is 1.38 bits per heavy atom. The maximum Gasteiger partial charge on any atom is 0.225 e. The van der Waals surface area contributed by atoms with Gasteiger partial charge in [-0.2, -0.15) is 0 Å². The van der Waals surface area contributed by atoms with Gasteiger partial charge in [-0.1, -0.05) is 19.3 Å². The van der Waals surface area contributed by atoms with Crippen molar-refractivity contribution in [3.05, 3.63) is 0 Å². The number of amides is 1. The fraction of sp³-hybridized carbons (Fsp3) is 0.900. The number of likely N-dealkylation sites (N-methyl/N-ethyl adjacent to an activating group) is 1. The first-order chi connectivity index (χ1) is 6.25. The molecule has 0 unspecified atom stereocenters. The maximum atomic E-state index is 11.8. The highest BCUT2D eigenvalue weighted by atomic mass is 16.2. The molecule has 3 heteroatoms. The number of rotatable bonds is 3. The molecule has 0 atom stereocenters. The second kappa shape index (κ2) is 5.22. The summed E-state index contributed by atoms with van der Waals surface area (Å²) in [6.45, 7) is 1.25. The van der Waals surface area contributed by atoms with Crippen molar-refractivity contribution in [3.8, 4) is 0 Å². The van der Waals surface area contributed by atoms with Crippen molar-refractivity contribution in [1.29, 1.82) is 0 Å². The number of hydrogen-bond acceptors (Lipinski definition) is 2. The van der Waals surface area contributed by atoms with Crippen LogP contribution < -0.4 is 5.73 Å². The lowest BCUT2D eigenvalue weighted by Gasteiger charge is -2.25. The smallest absolute Gasteiger partial charge is 0.225 e. The fourth-order valence-electron chi connectivity index (χ4n) is 1.97. The van der Waals surface area contributed by atoms with Crippen LogP contribution in [0.5, 0.6) is 0 Å². The third-order valence-electron chi connectivity index (χ3n) is 2.80. The molecule has 0 saturated heterocycles. The van der Waals surface area contributed by atoms with E-state index < -0.39 is 0 Å². The summed E-state index contributed by atoms with van der Waals surface area (Å²) in [7, 11) is 1.85. The predicted octanol–water partition coefficient (Wildman–Crippen LogP) is 0.984. The molecule has 0 aromatic heterocycles. The van der Waals surface area contributed by atoms with Gasteiger partial charge in [-0.15, -0.1) is 0 Å². The van der Waals surface area contributed by atoms with Gasteiger partial charge in [0.05, 0.1) is 0 Å². The van der Waals surface area contributed by atoms with Gasteiger partial charge < -0.3 is 10.6 Å². The zero-order valence-corrected chi connectivity index (χ0v) is 8.46. The molecule has 0 radical (unpaired) electrons. The summed E-state index contributed by atoms with van der Waals surface area (Å²) in [6, 6.07) is 0. The first-order valence-corrected chi connectivity index (χ1v) is 5.20. The fourth-order valence-corrected chi connectivity index (χ4v) is 1.97. The van der Waals surface area contributed by atoms with E-state index in [0.717, 1.165) is 12.8 Å². The molecule has 2 N–H and O–H groups in total. The third-order valence-corrected chi connectivity index (χ3v) is 2.80. The van der Waals surface area contributed by atoms with Gasteiger partial charge in [0.1, 0.15) is 0 Å². The molecule has 0 aromatic rings. The Hall–Kier alpha value is -0.570. The van der Waals surface area contributed by atoms with Gasteiger partial charge in [0.2, 0.25) is 5.91 Å². The highest BCUT2D eigenvalue weighted by molar-refractivity contribution is 5.78. The van der Waals surface area contributed by atoms with Gasteiger partial charge in [-0.3, -0.25) is 4.79 Å². The van der Waals surface area contributed by atoms with Crippen molar-refractivity contribution in [2.75, 3.05) is 20.1 Å². The van der Waals surface area contributed by atoms with Crippen molar-refractivity contribution >= 4 is 5.91 Å². The van der Waals surface area contributed by atoms with Crippen LogP contribution in [0.1, 0.15) is 32.1 Å². The van der Waals surface area contributed by atoms with Gasteiger partial charge in [-0.25, -0.2) is 0 Å². The van der Waals surface area contributed by atoms with Crippen LogP contribution in [0.4, 0.5) is 0 Å². The molecule has 0 aromatic carbocycles. The Morgan fingerprint density at radius 3 is 2.54 bits per heavy atom. The van der Waals surface area contributed by atoms with Gasteiger partial charge in [0.25, 0.3) is 0 Å². The van der Waals surface area contributed by atoms with Crippen LogP contribution in [0.2, 0.25) is 0 Å². The minimum absolute atomic E-state index is 0.283. The molecule has 13 heavy (non-hydrogen) atoms. The normalized spacial score (nSPS) is 18.6. The Bertz CT molecular complexity index is 164. The summed E-state index contributed by atoms with van der Waals surface area (Å²) in [5, 5.41) is 0. The van der Waals surface area contributed by atoms with Crippen LogP contribution in [0.15, 0.2) is 0 Å². The first kappa shape index (κ1) is 10.5. The number of carbonyl (C=O) groups is 1. The van der Waals surface area contributed by atoms with Crippen LogP contribution in [0.25, 0.3) is 0 Å². The molecule has 3 nitrogen and oxygen atoms in total. The molecule has 0 spiro atoms. The van der Waals surface area contributed by atoms with Gasteiger partial charge in [-0.05, 0) is 12.8 Å². The highest BCUT2D eigenvalue weighted by Crippen LogP contribution is 2.24. The Labute approximate surface area is 80.3 Å². The van der Waals surface area contributed by atoms with E-state index in [1.165, 1.54) is 19.3 Å². The average Bonchev–Trinajstić information content (AvgIpc) is 2.18. The lowest BCUT2D eigenvalue weighted by Crippen LogP contribution is -2.37. The monoisotopic (exact) mass is 184 g/mol. The molecule has 76 valence electrons. The van der Waals surface area contributed by atoms with E-state index in [9.17, 15) is 4.79 Å². The van der Waals surface area contributed by atoms with Crippen molar-refractivity contribution in [1.82, 2.24) is 4.90 Å². The summed E-state index contributed by atoms with van der Waals surface area (Å²) in [5.41, 5.74) is 5.40. The van der Waals surface area contributed by atoms with Crippen LogP contribution >= 0.6 is 0 Å². The number of nitrogens with zero attached hydrogens (tertiary/aromatic N) is 1. The Balaban J connectivity index is 2.36. The van der Waals surface area contributed by atoms with E-state index in [-0.39, 0.29) is 5.92 Å². The van der Waals surface area contributed by atoms with Gasteiger partial charge in [0.15, 0.2) is 0 Å². The molecule has 1 saturated carbocycles. The van der Waals surface area contributed by atoms with Crippen molar-refractivity contribution in [2.45, 2.75) is 32.1 Å². The van der Waals surface area contributed by atoms with Crippen LogP contribution in [-0.4, -0.2) is 30.9 Å². The molecule has 1 aliphatic carbocycles. The summed E-state index contributed by atoms with van der Waals surface area (Å²) in [4.78, 5) is 13.5. The molecule has 0 bridgehead atoms. The van der Waals surface area contributed by atoms with E-state index in [1.54, 1.807) is 4.90 Å². The summed E-state index contributed by atoms with van der Waals surface area (Å²) >= 11 is 0. The lowest BCUT2D eigenvalue weighted by atomic mass is 9.88. The average molecular weight is 184 g/mol. The van der Waals surface area contributed by atoms with E-state index in [4.69, 9.17) is 5.73 Å². The summed E-state index contributed by atoms with van der Waals surface area (Å²) in [6.07, 6.45) is 5.88. The molecular weight excluding hydrogens is 164 g/mol. The van der Waals surface area contributed by atoms with Crippen LogP contribution in [0, 0.1) is 5.92 Å². The number of carbonyl (C=O) groups excluding carboxylic acids is 1. The predicted molar refractivity (Wildman–Crippen MR) is 53.3 cm³/mol. The molecule has 0 aliphatic heterocycles. The Kier molecular flexibility index (Phi) is 4.22. The molecule has 1 aliphatic rings. The molecular formula is C10H20N2O. The van der Waals surface area contributed by atoms with Crippen molar-refractivity contribution < 1.29 is 4.79 Å². The number of nitrogens with two attached hydrogens (primary N) is 1. The summed E-state index contributed by atoms with van der Waals surface area (Å²) < 4.78 is 0. The number of hydrogen-bond donors (Lipinski definition) is 1. The molecule has 1 rings (SSSR count). The Morgan fingerprint density at radius 2 is 2.00 bits per heavy atom. The quantitative estimate of drug-likeness (QED) is 0.711. The van der Waals surface area contributed by atoms with E-state index in [0.29, 0.717) is 19.0 Å². The maximum absolute atomic E-state index is 11.8. The molecule has 1 fully saturated rings. The molecule has 0 heterocycles. The van der Waals surface area contributed by atoms with E-state index in [1.807, 2.05) is 7.05 Å². The first-order valence-electron chi connectivity index (χ1n) is 5.20. The van der Waals surface area contributed by atoms with Crippen LogP contribution in [0.3, 0.4) is 0 Å². The standard InChI is InChI=1S/C10H20N2O/c1-12(8-7-11)10(13)9-5-3-2-4-6-9/h9H,2-8,11H2,1H3. The third kappa shape index (κ3) is 2.99. The van der Waals surface area contributed by atoms with Crippen molar-refractivity contribution in [3.63, 3.8) is 0 Å². The van der Waals surface area contributed by atoms with Crippen molar-refractivity contribution in [2.24, 2.45) is 11.7 Å². The van der Waals surface area contributed by atoms with E-state index >= 15 is 0 Å². The lowest BCUT2D eigenvalue weighted by molar-refractivity contribution is -0.135. The minimum Gasteiger partial charge on any atom is -0.344 e. The summed E-state index contributed by atoms with van der Waals surface area (Å²) in [5.74, 6) is 0.579. The SMILES string of the molecule is CN(CCN)C(=O)C1CCCCC1. The topological polar surface area (TPSA) is 46.3 Å². The zero-order chi connectivity index (χ0) is 9.68. The van der Waals surface area contributed by atoms with Gasteiger partial charge >= 0.3 is 0 Å². The van der Waals surface area contributed by atoms with Gasteiger partial charge in [0, 0.05) is 26.1 Å². The largest absolute Gasteiger partial charge is 0.344 e. The second-order valence-electron chi connectivity index (χ2n) is 3.88. The highest BCUT2D eigenvalue weighted by Gasteiger charge is 2.23.